The van der Waals surface area contributed by atoms with Crippen LogP contribution >= 0.6 is 11.3 Å². The minimum absolute atomic E-state index is 0.0299. The van der Waals surface area contributed by atoms with Gasteiger partial charge in [0.25, 0.3) is 5.19 Å². The number of hydrogen-bond acceptors (Lipinski definition) is 6. The van der Waals surface area contributed by atoms with E-state index in [2.05, 4.69) is 9.97 Å². The summed E-state index contributed by atoms with van der Waals surface area (Å²) in [5, 5.41) is 0.433. The van der Waals surface area contributed by atoms with Crippen LogP contribution in [0.25, 0.3) is 10.3 Å². The van der Waals surface area contributed by atoms with E-state index < -0.39 is 5.67 Å². The minimum atomic E-state index is -1.37. The van der Waals surface area contributed by atoms with Crippen molar-refractivity contribution in [3.63, 3.8) is 0 Å². The van der Waals surface area contributed by atoms with Crippen LogP contribution < -0.4 is 9.47 Å². The van der Waals surface area contributed by atoms with Crippen molar-refractivity contribution < 1.29 is 18.6 Å². The number of fused-ring (bicyclic) bond motifs is 1. The van der Waals surface area contributed by atoms with Crippen LogP contribution in [0, 0.1) is 5.92 Å². The van der Waals surface area contributed by atoms with Gasteiger partial charge >= 0.3 is 0 Å². The molecule has 0 aromatic carbocycles. The Morgan fingerprint density at radius 2 is 2.14 bits per heavy atom. The maximum Gasteiger partial charge on any atom is 0.275 e. The van der Waals surface area contributed by atoms with Crippen LogP contribution in [0.5, 0.6) is 11.1 Å². The first-order valence-electron chi connectivity index (χ1n) is 7.50. The number of hydrogen-bond donors (Lipinski definition) is 0. The highest BCUT2D eigenvalue weighted by Gasteiger charge is 2.40. The monoisotopic (exact) mass is 324 g/mol. The third-order valence-corrected chi connectivity index (χ3v) is 4.96. The summed E-state index contributed by atoms with van der Waals surface area (Å²) < 4.78 is 29.8. The first kappa shape index (κ1) is 14.1. The van der Waals surface area contributed by atoms with Crippen molar-refractivity contribution >= 4 is 21.7 Å². The molecular formula is C15H17FN2O3S. The lowest BCUT2D eigenvalue weighted by atomic mass is 9.86. The topological polar surface area (TPSA) is 53.5 Å². The molecule has 7 heteroatoms. The second-order valence-electron chi connectivity index (χ2n) is 5.99. The lowest BCUT2D eigenvalue weighted by molar-refractivity contribution is -0.146. The van der Waals surface area contributed by atoms with Crippen LogP contribution in [-0.4, -0.2) is 42.1 Å². The van der Waals surface area contributed by atoms with Crippen LogP contribution in [0.2, 0.25) is 0 Å². The van der Waals surface area contributed by atoms with Crippen molar-refractivity contribution in [3.05, 3.63) is 12.1 Å². The number of halogens is 1. The molecule has 22 heavy (non-hydrogen) atoms. The third-order valence-electron chi connectivity index (χ3n) is 4.08. The maximum atomic E-state index is 13.8. The van der Waals surface area contributed by atoms with Crippen molar-refractivity contribution in [3.8, 4) is 11.1 Å². The van der Waals surface area contributed by atoms with Gasteiger partial charge in [0.2, 0.25) is 5.88 Å². The van der Waals surface area contributed by atoms with Gasteiger partial charge in [0.15, 0.2) is 10.5 Å². The largest absolute Gasteiger partial charge is 0.477 e. The van der Waals surface area contributed by atoms with E-state index in [0.717, 1.165) is 17.0 Å². The lowest BCUT2D eigenvalue weighted by Crippen LogP contribution is -2.50. The summed E-state index contributed by atoms with van der Waals surface area (Å²) >= 11 is 1.31. The van der Waals surface area contributed by atoms with E-state index in [4.69, 9.17) is 14.2 Å². The van der Waals surface area contributed by atoms with E-state index in [-0.39, 0.29) is 19.8 Å². The molecule has 1 aliphatic carbocycles. The smallest absolute Gasteiger partial charge is 0.275 e. The number of aromatic nitrogens is 2. The fraction of sp³-hybridized carbons (Fsp3) is 0.600. The Bertz CT molecular complexity index is 670. The van der Waals surface area contributed by atoms with Gasteiger partial charge in [-0.25, -0.2) is 14.4 Å². The third kappa shape index (κ3) is 2.87. The molecule has 1 aliphatic heterocycles. The van der Waals surface area contributed by atoms with Gasteiger partial charge in [0, 0.05) is 6.07 Å². The van der Waals surface area contributed by atoms with Gasteiger partial charge in [-0.05, 0) is 24.8 Å². The number of alkyl halides is 1. The molecule has 3 heterocycles. The average Bonchev–Trinajstić information content (AvgIpc) is 2.83. The highest BCUT2D eigenvalue weighted by atomic mass is 32.1. The number of rotatable bonds is 6. The van der Waals surface area contributed by atoms with Crippen LogP contribution in [0.15, 0.2) is 12.1 Å². The molecule has 5 nitrogen and oxygen atoms in total. The molecule has 1 saturated heterocycles. The van der Waals surface area contributed by atoms with Gasteiger partial charge in [0.05, 0.1) is 19.8 Å². The number of thiazole rings is 1. The Labute approximate surface area is 131 Å². The molecule has 0 radical (unpaired) electrons. The minimum Gasteiger partial charge on any atom is -0.477 e. The average molecular weight is 324 g/mol. The van der Waals surface area contributed by atoms with Crippen LogP contribution in [0.1, 0.15) is 19.3 Å². The summed E-state index contributed by atoms with van der Waals surface area (Å²) in [5.74, 6) is 1.28. The number of pyridine rings is 1. The van der Waals surface area contributed by atoms with Crippen molar-refractivity contribution in [2.45, 2.75) is 24.9 Å². The summed E-state index contributed by atoms with van der Waals surface area (Å²) in [6.07, 6.45) is 3.79. The Balaban J connectivity index is 1.41. The molecule has 0 unspecified atom stereocenters. The zero-order chi connectivity index (χ0) is 15.0. The molecule has 2 aromatic rings. The Kier molecular flexibility index (Phi) is 3.62. The molecule has 2 aliphatic rings. The summed E-state index contributed by atoms with van der Waals surface area (Å²) in [6.45, 7) is 0.882. The first-order valence-corrected chi connectivity index (χ1v) is 8.32. The predicted molar refractivity (Wildman–Crippen MR) is 80.4 cm³/mol. The molecule has 0 bridgehead atoms. The summed E-state index contributed by atoms with van der Waals surface area (Å²) in [5.41, 5.74) is -0.628. The lowest BCUT2D eigenvalue weighted by Gasteiger charge is -2.32. The molecule has 2 fully saturated rings. The van der Waals surface area contributed by atoms with Gasteiger partial charge in [-0.15, -0.1) is 0 Å². The van der Waals surface area contributed by atoms with Crippen molar-refractivity contribution in [2.75, 3.05) is 26.4 Å². The van der Waals surface area contributed by atoms with E-state index in [1.165, 1.54) is 30.6 Å². The van der Waals surface area contributed by atoms with Crippen molar-refractivity contribution in [1.82, 2.24) is 9.97 Å². The van der Waals surface area contributed by atoms with Gasteiger partial charge in [-0.1, -0.05) is 17.8 Å². The summed E-state index contributed by atoms with van der Waals surface area (Å²) in [4.78, 5) is 9.50. The molecule has 0 atom stereocenters. The number of nitrogens with zero attached hydrogens (tertiary/aromatic N) is 2. The fourth-order valence-corrected chi connectivity index (χ4v) is 3.16. The molecule has 0 N–H and O–H groups in total. The highest BCUT2D eigenvalue weighted by Crippen LogP contribution is 2.31. The highest BCUT2D eigenvalue weighted by molar-refractivity contribution is 7.19. The Hall–Kier alpha value is -1.47. The zero-order valence-electron chi connectivity index (χ0n) is 12.1. The van der Waals surface area contributed by atoms with Gasteiger partial charge in [-0.2, -0.15) is 0 Å². The molecule has 2 aromatic heterocycles. The second kappa shape index (κ2) is 5.62. The first-order chi connectivity index (χ1) is 10.7. The molecule has 0 amide bonds. The van der Waals surface area contributed by atoms with Gasteiger partial charge in [0.1, 0.15) is 12.1 Å². The van der Waals surface area contributed by atoms with E-state index in [0.29, 0.717) is 17.0 Å². The predicted octanol–water partition coefficient (Wildman–Crippen LogP) is 2.99. The Morgan fingerprint density at radius 1 is 1.27 bits per heavy atom. The van der Waals surface area contributed by atoms with Crippen LogP contribution in [-0.2, 0) is 4.74 Å². The molecular weight excluding hydrogens is 307 g/mol. The second-order valence-corrected chi connectivity index (χ2v) is 6.93. The standard InChI is InChI=1S/C15H17FN2O3S/c16-15(7-19-8-15)9-21-14-17-11-4-5-12(18-13(11)22-14)20-6-10-2-1-3-10/h4-5,10H,1-3,6-9H2. The maximum absolute atomic E-state index is 13.8. The van der Waals surface area contributed by atoms with E-state index in [9.17, 15) is 4.39 Å². The van der Waals surface area contributed by atoms with Gasteiger partial charge in [-0.3, -0.25) is 0 Å². The van der Waals surface area contributed by atoms with Gasteiger partial charge < -0.3 is 14.2 Å². The normalized spacial score (nSPS) is 20.4. The quantitative estimate of drug-likeness (QED) is 0.817. The molecule has 0 spiro atoms. The molecule has 118 valence electrons. The van der Waals surface area contributed by atoms with Crippen LogP contribution in [0.3, 0.4) is 0 Å². The molecule has 4 rings (SSSR count). The SMILES string of the molecule is FC1(COc2nc3ccc(OCC4CCC4)nc3s2)COC1. The number of ether oxygens (including phenoxy) is 3. The fourth-order valence-electron chi connectivity index (χ4n) is 2.38. The summed E-state index contributed by atoms with van der Waals surface area (Å²) in [7, 11) is 0. The van der Waals surface area contributed by atoms with E-state index in [1.807, 2.05) is 12.1 Å². The zero-order valence-corrected chi connectivity index (χ0v) is 12.9. The Morgan fingerprint density at radius 3 is 2.82 bits per heavy atom. The van der Waals surface area contributed by atoms with E-state index in [1.54, 1.807) is 0 Å². The van der Waals surface area contributed by atoms with Crippen molar-refractivity contribution in [2.24, 2.45) is 5.92 Å². The van der Waals surface area contributed by atoms with Crippen molar-refractivity contribution in [1.29, 1.82) is 0 Å². The van der Waals surface area contributed by atoms with Crippen LogP contribution in [0.4, 0.5) is 4.39 Å². The summed E-state index contributed by atoms with van der Waals surface area (Å²) in [6, 6.07) is 3.68. The molecule has 1 saturated carbocycles. The van der Waals surface area contributed by atoms with E-state index >= 15 is 0 Å².